The molecule has 1 aromatic heterocycles. The minimum atomic E-state index is 0.176. The van der Waals surface area contributed by atoms with Crippen molar-refractivity contribution in [2.24, 2.45) is 5.92 Å². The summed E-state index contributed by atoms with van der Waals surface area (Å²) in [4.78, 5) is 21.1. The largest absolute Gasteiger partial charge is 0.376 e. The Balaban J connectivity index is 1.69. The Labute approximate surface area is 132 Å². The van der Waals surface area contributed by atoms with Crippen LogP contribution in [0, 0.1) is 5.92 Å². The van der Waals surface area contributed by atoms with Gasteiger partial charge in [0.05, 0.1) is 18.6 Å². The van der Waals surface area contributed by atoms with E-state index < -0.39 is 0 Å². The smallest absolute Gasteiger partial charge is 0.228 e. The molecule has 0 radical (unpaired) electrons. The van der Waals surface area contributed by atoms with E-state index in [2.05, 4.69) is 24.0 Å². The minimum absolute atomic E-state index is 0.176. The lowest BCUT2D eigenvalue weighted by Gasteiger charge is -2.48. The molecule has 2 aliphatic rings. The maximum atomic E-state index is 12.6. The molecule has 2 aliphatic heterocycles. The summed E-state index contributed by atoms with van der Waals surface area (Å²) < 4.78 is 6.01. The van der Waals surface area contributed by atoms with Crippen LogP contribution in [0.1, 0.15) is 18.5 Å². The Kier molecular flexibility index (Phi) is 4.74. The molecular formula is C17H25N3O2. The number of amides is 1. The summed E-state index contributed by atoms with van der Waals surface area (Å²) in [5.74, 6) is 0.636. The number of likely N-dealkylation sites (tertiary alicyclic amines) is 1. The number of nitrogens with zero attached hydrogens (tertiary/aromatic N) is 3. The Morgan fingerprint density at radius 2 is 2.27 bits per heavy atom. The van der Waals surface area contributed by atoms with Crippen molar-refractivity contribution in [3.63, 3.8) is 0 Å². The number of piperidine rings is 1. The first kappa shape index (κ1) is 15.4. The predicted octanol–water partition coefficient (Wildman–Crippen LogP) is 1.19. The highest BCUT2D eigenvalue weighted by Crippen LogP contribution is 2.30. The van der Waals surface area contributed by atoms with Crippen LogP contribution >= 0.6 is 0 Å². The molecule has 0 bridgehead atoms. The Bertz CT molecular complexity index is 506. The Hall–Kier alpha value is -1.46. The van der Waals surface area contributed by atoms with Gasteiger partial charge in [0.25, 0.3) is 0 Å². The molecule has 22 heavy (non-hydrogen) atoms. The van der Waals surface area contributed by atoms with Gasteiger partial charge < -0.3 is 14.5 Å². The van der Waals surface area contributed by atoms with E-state index in [1.165, 1.54) is 0 Å². The number of fused-ring (bicyclic) bond motifs is 1. The minimum Gasteiger partial charge on any atom is -0.376 e. The van der Waals surface area contributed by atoms with Gasteiger partial charge in [-0.25, -0.2) is 0 Å². The number of ether oxygens (including phenoxy) is 1. The predicted molar refractivity (Wildman–Crippen MR) is 84.5 cm³/mol. The van der Waals surface area contributed by atoms with Gasteiger partial charge in [-0.05, 0) is 39.1 Å². The number of rotatable bonds is 3. The fourth-order valence-electron chi connectivity index (χ4n) is 3.60. The van der Waals surface area contributed by atoms with Crippen LogP contribution < -0.4 is 0 Å². The molecule has 2 fully saturated rings. The highest BCUT2D eigenvalue weighted by molar-refractivity contribution is 5.78. The number of likely N-dealkylation sites (N-methyl/N-ethyl adjacent to an activating group) is 1. The van der Waals surface area contributed by atoms with Gasteiger partial charge in [0, 0.05) is 37.5 Å². The average molecular weight is 303 g/mol. The van der Waals surface area contributed by atoms with Gasteiger partial charge in [-0.2, -0.15) is 0 Å². The number of hydrogen-bond donors (Lipinski definition) is 0. The van der Waals surface area contributed by atoms with Crippen molar-refractivity contribution in [3.8, 4) is 0 Å². The third-order valence-corrected chi connectivity index (χ3v) is 4.81. The number of carbonyl (C=O) groups excluding carboxylic acids is 1. The van der Waals surface area contributed by atoms with Gasteiger partial charge >= 0.3 is 0 Å². The van der Waals surface area contributed by atoms with Crippen molar-refractivity contribution in [2.75, 3.05) is 33.8 Å². The van der Waals surface area contributed by atoms with Gasteiger partial charge in [-0.3, -0.25) is 9.78 Å². The summed E-state index contributed by atoms with van der Waals surface area (Å²) in [6.07, 6.45) is 4.65. The molecule has 0 N–H and O–H groups in total. The molecule has 3 rings (SSSR count). The van der Waals surface area contributed by atoms with Gasteiger partial charge in [0.1, 0.15) is 0 Å². The van der Waals surface area contributed by atoms with E-state index in [9.17, 15) is 4.79 Å². The molecule has 0 aliphatic carbocycles. The summed E-state index contributed by atoms with van der Waals surface area (Å²) >= 11 is 0. The van der Waals surface area contributed by atoms with Crippen LogP contribution in [0.4, 0.5) is 0 Å². The summed E-state index contributed by atoms with van der Waals surface area (Å²) in [5, 5.41) is 0. The summed E-state index contributed by atoms with van der Waals surface area (Å²) in [5.41, 5.74) is 0.843. The van der Waals surface area contributed by atoms with E-state index in [1.54, 1.807) is 6.20 Å². The molecule has 5 heteroatoms. The van der Waals surface area contributed by atoms with Crippen LogP contribution in [0.2, 0.25) is 0 Å². The van der Waals surface area contributed by atoms with E-state index in [4.69, 9.17) is 4.74 Å². The Morgan fingerprint density at radius 1 is 1.41 bits per heavy atom. The average Bonchev–Trinajstić information content (AvgIpc) is 2.54. The summed E-state index contributed by atoms with van der Waals surface area (Å²) in [6.45, 7) is 2.42. The van der Waals surface area contributed by atoms with Gasteiger partial charge in [-0.15, -0.1) is 0 Å². The topological polar surface area (TPSA) is 45.7 Å². The van der Waals surface area contributed by atoms with Crippen molar-refractivity contribution in [3.05, 3.63) is 30.1 Å². The third kappa shape index (κ3) is 3.31. The van der Waals surface area contributed by atoms with Crippen molar-refractivity contribution >= 4 is 5.91 Å². The normalized spacial score (nSPS) is 28.5. The zero-order valence-corrected chi connectivity index (χ0v) is 13.4. The molecule has 1 aromatic rings. The zero-order chi connectivity index (χ0) is 15.5. The fraction of sp³-hybridized carbons (Fsp3) is 0.647. The zero-order valence-electron chi connectivity index (χ0n) is 13.4. The highest BCUT2D eigenvalue weighted by atomic mass is 16.5. The van der Waals surface area contributed by atoms with Gasteiger partial charge in [0.15, 0.2) is 0 Å². The van der Waals surface area contributed by atoms with E-state index >= 15 is 0 Å². The van der Waals surface area contributed by atoms with Crippen LogP contribution in [0.3, 0.4) is 0 Å². The van der Waals surface area contributed by atoms with Crippen LogP contribution in [0.15, 0.2) is 24.4 Å². The van der Waals surface area contributed by atoms with Crippen molar-refractivity contribution < 1.29 is 9.53 Å². The Morgan fingerprint density at radius 3 is 3.00 bits per heavy atom. The maximum Gasteiger partial charge on any atom is 0.228 e. The molecule has 3 heterocycles. The third-order valence-electron chi connectivity index (χ3n) is 4.81. The molecule has 3 atom stereocenters. The van der Waals surface area contributed by atoms with E-state index in [1.807, 2.05) is 23.1 Å². The molecule has 0 aromatic carbocycles. The SMILES string of the molecule is CN(C)[C@@H]1CN(C(=O)Cc2ccccn2)C[C@@H]2CCCO[C@@H]21. The van der Waals surface area contributed by atoms with Gasteiger partial charge in [-0.1, -0.05) is 6.07 Å². The quantitative estimate of drug-likeness (QED) is 0.841. The van der Waals surface area contributed by atoms with Crippen LogP contribution in [-0.4, -0.2) is 66.6 Å². The first-order valence-corrected chi connectivity index (χ1v) is 8.11. The lowest BCUT2D eigenvalue weighted by molar-refractivity contribution is -0.145. The standard InChI is InChI=1S/C17H25N3O2/c1-19(2)15-12-20(11-13-6-5-9-22-17(13)15)16(21)10-14-7-3-4-8-18-14/h3-4,7-8,13,15,17H,5-6,9-12H2,1-2H3/t13-,15+,17-/m0/s1. The summed E-state index contributed by atoms with van der Waals surface area (Å²) in [6, 6.07) is 6.00. The molecule has 1 amide bonds. The molecule has 0 saturated carbocycles. The van der Waals surface area contributed by atoms with Crippen LogP contribution in [-0.2, 0) is 16.0 Å². The first-order chi connectivity index (χ1) is 10.6. The molecular weight excluding hydrogens is 278 g/mol. The molecule has 2 saturated heterocycles. The second-order valence-electron chi connectivity index (χ2n) is 6.57. The van der Waals surface area contributed by atoms with Crippen molar-refractivity contribution in [2.45, 2.75) is 31.4 Å². The lowest BCUT2D eigenvalue weighted by Crippen LogP contribution is -2.60. The fourth-order valence-corrected chi connectivity index (χ4v) is 3.60. The molecule has 120 valence electrons. The van der Waals surface area contributed by atoms with E-state index in [0.717, 1.165) is 38.2 Å². The number of pyridine rings is 1. The first-order valence-electron chi connectivity index (χ1n) is 8.11. The highest BCUT2D eigenvalue weighted by Gasteiger charge is 2.41. The number of aromatic nitrogens is 1. The molecule has 0 spiro atoms. The number of hydrogen-bond acceptors (Lipinski definition) is 4. The summed E-state index contributed by atoms with van der Waals surface area (Å²) in [7, 11) is 4.15. The maximum absolute atomic E-state index is 12.6. The van der Waals surface area contributed by atoms with Crippen LogP contribution in [0.25, 0.3) is 0 Å². The van der Waals surface area contributed by atoms with Gasteiger partial charge in [0.2, 0.25) is 5.91 Å². The van der Waals surface area contributed by atoms with Crippen molar-refractivity contribution in [1.29, 1.82) is 0 Å². The van der Waals surface area contributed by atoms with Crippen LogP contribution in [0.5, 0.6) is 0 Å². The second-order valence-corrected chi connectivity index (χ2v) is 6.57. The van der Waals surface area contributed by atoms with E-state index in [-0.39, 0.29) is 18.1 Å². The molecule has 5 nitrogen and oxygen atoms in total. The van der Waals surface area contributed by atoms with Crippen molar-refractivity contribution in [1.82, 2.24) is 14.8 Å². The second kappa shape index (κ2) is 6.75. The molecule has 0 unspecified atom stereocenters. The monoisotopic (exact) mass is 303 g/mol. The number of carbonyl (C=O) groups is 1. The van der Waals surface area contributed by atoms with E-state index in [0.29, 0.717) is 12.3 Å². The lowest BCUT2D eigenvalue weighted by atomic mass is 9.85.